The van der Waals surface area contributed by atoms with Crippen molar-refractivity contribution < 1.29 is 8.42 Å². The van der Waals surface area contributed by atoms with Crippen molar-refractivity contribution in [2.45, 2.75) is 11.3 Å². The Morgan fingerprint density at radius 1 is 1.42 bits per heavy atom. The van der Waals surface area contributed by atoms with Crippen molar-refractivity contribution in [3.63, 3.8) is 0 Å². The molecule has 1 heterocycles. The zero-order valence-corrected chi connectivity index (χ0v) is 12.8. The highest BCUT2D eigenvalue weighted by molar-refractivity contribution is 9.10. The lowest BCUT2D eigenvalue weighted by atomic mass is 10.4. The molecule has 0 aliphatic rings. The number of aromatic nitrogens is 3. The van der Waals surface area contributed by atoms with E-state index in [2.05, 4.69) is 35.8 Å². The molecule has 0 fully saturated rings. The molecule has 0 saturated heterocycles. The van der Waals surface area contributed by atoms with E-state index in [9.17, 15) is 8.42 Å². The summed E-state index contributed by atoms with van der Waals surface area (Å²) in [4.78, 5) is 3.95. The summed E-state index contributed by atoms with van der Waals surface area (Å²) >= 11 is 9.14. The van der Waals surface area contributed by atoms with E-state index in [4.69, 9.17) is 11.6 Å². The zero-order valence-electron chi connectivity index (χ0n) is 9.60. The van der Waals surface area contributed by atoms with E-state index >= 15 is 0 Å². The molecule has 0 radical (unpaired) electrons. The van der Waals surface area contributed by atoms with Gasteiger partial charge in [-0.05, 0) is 18.2 Å². The number of halogens is 2. The van der Waals surface area contributed by atoms with Gasteiger partial charge in [0, 0.05) is 17.4 Å². The summed E-state index contributed by atoms with van der Waals surface area (Å²) in [6.45, 7) is 0.212. The Hall–Kier alpha value is -0.960. The molecule has 0 saturated carbocycles. The number of benzene rings is 1. The fourth-order valence-corrected chi connectivity index (χ4v) is 3.49. The van der Waals surface area contributed by atoms with Gasteiger partial charge >= 0.3 is 0 Å². The maximum atomic E-state index is 12.0. The lowest BCUT2D eigenvalue weighted by Gasteiger charge is -2.07. The van der Waals surface area contributed by atoms with Crippen LogP contribution in [-0.2, 0) is 16.4 Å². The first kappa shape index (κ1) is 14.4. The van der Waals surface area contributed by atoms with Crippen LogP contribution in [0.4, 0.5) is 0 Å². The van der Waals surface area contributed by atoms with Crippen molar-refractivity contribution in [3.05, 3.63) is 39.8 Å². The molecule has 0 aliphatic heterocycles. The number of hydrogen-bond donors (Lipinski definition) is 2. The van der Waals surface area contributed by atoms with Gasteiger partial charge < -0.3 is 0 Å². The predicted molar refractivity (Wildman–Crippen MR) is 74.4 cm³/mol. The van der Waals surface area contributed by atoms with Gasteiger partial charge in [-0.25, -0.2) is 18.1 Å². The molecule has 102 valence electrons. The Labute approximate surface area is 123 Å². The molecule has 19 heavy (non-hydrogen) atoms. The summed E-state index contributed by atoms with van der Waals surface area (Å²) in [5.74, 6) is 0.615. The van der Waals surface area contributed by atoms with Crippen molar-refractivity contribution in [1.29, 1.82) is 0 Å². The zero-order chi connectivity index (χ0) is 13.9. The van der Waals surface area contributed by atoms with Crippen LogP contribution in [-0.4, -0.2) is 30.1 Å². The molecule has 2 aromatic rings. The second kappa shape index (κ2) is 6.00. The van der Waals surface area contributed by atoms with Gasteiger partial charge in [-0.15, -0.1) is 0 Å². The second-order valence-corrected chi connectivity index (χ2v) is 6.71. The third-order valence-corrected chi connectivity index (χ3v) is 4.74. The number of hydrogen-bond acceptors (Lipinski definition) is 4. The van der Waals surface area contributed by atoms with Crippen LogP contribution >= 0.6 is 27.5 Å². The molecule has 0 bridgehead atoms. The van der Waals surface area contributed by atoms with Crippen molar-refractivity contribution in [1.82, 2.24) is 19.9 Å². The first-order valence-corrected chi connectivity index (χ1v) is 7.93. The van der Waals surface area contributed by atoms with E-state index in [1.165, 1.54) is 18.5 Å². The third kappa shape index (κ3) is 3.75. The average Bonchev–Trinajstić information content (AvgIpc) is 2.81. The van der Waals surface area contributed by atoms with E-state index < -0.39 is 10.0 Å². The highest BCUT2D eigenvalue weighted by atomic mass is 79.9. The Balaban J connectivity index is 2.05. The lowest BCUT2D eigenvalue weighted by molar-refractivity contribution is 0.581. The molecule has 2 N–H and O–H groups in total. The minimum absolute atomic E-state index is 0.0509. The van der Waals surface area contributed by atoms with Gasteiger partial charge in [-0.3, -0.25) is 5.10 Å². The van der Waals surface area contributed by atoms with Gasteiger partial charge in [-0.2, -0.15) is 5.10 Å². The maximum absolute atomic E-state index is 12.0. The van der Waals surface area contributed by atoms with Crippen molar-refractivity contribution in [2.75, 3.05) is 6.54 Å². The predicted octanol–water partition coefficient (Wildman–Crippen LogP) is 1.74. The number of H-pyrrole nitrogens is 1. The molecule has 0 aliphatic carbocycles. The van der Waals surface area contributed by atoms with Gasteiger partial charge in [0.25, 0.3) is 0 Å². The number of sulfonamides is 1. The lowest BCUT2D eigenvalue weighted by Crippen LogP contribution is -2.26. The van der Waals surface area contributed by atoms with Crippen molar-refractivity contribution in [3.8, 4) is 0 Å². The average molecular weight is 366 g/mol. The molecule has 0 spiro atoms. The van der Waals surface area contributed by atoms with Crippen LogP contribution in [0.2, 0.25) is 5.02 Å². The van der Waals surface area contributed by atoms with Crippen molar-refractivity contribution in [2.24, 2.45) is 0 Å². The largest absolute Gasteiger partial charge is 0.263 e. The molecule has 9 heteroatoms. The Kier molecular flexibility index (Phi) is 4.56. The van der Waals surface area contributed by atoms with Crippen LogP contribution in [0.25, 0.3) is 0 Å². The van der Waals surface area contributed by atoms with E-state index in [-0.39, 0.29) is 16.5 Å². The van der Waals surface area contributed by atoms with Crippen LogP contribution in [0.15, 0.2) is 33.9 Å². The second-order valence-electron chi connectivity index (χ2n) is 3.65. The van der Waals surface area contributed by atoms with Crippen LogP contribution in [0.3, 0.4) is 0 Å². The number of aromatic amines is 1. The van der Waals surface area contributed by atoms with Gasteiger partial charge in [0.05, 0.1) is 5.02 Å². The minimum Gasteiger partial charge on any atom is -0.263 e. The Bertz CT molecular complexity index is 660. The molecule has 0 atom stereocenters. The quantitative estimate of drug-likeness (QED) is 0.845. The van der Waals surface area contributed by atoms with E-state index in [1.807, 2.05) is 0 Å². The van der Waals surface area contributed by atoms with Gasteiger partial charge in [0.2, 0.25) is 10.0 Å². The first-order valence-electron chi connectivity index (χ1n) is 5.28. The molecule has 1 aromatic carbocycles. The van der Waals surface area contributed by atoms with E-state index in [0.29, 0.717) is 12.2 Å². The standard InChI is InChI=1S/C10H10BrClN4O2S/c11-7-1-2-9(8(12)5-7)19(17,18)15-4-3-10-13-6-14-16-10/h1-2,5-6,15H,3-4H2,(H,13,14,16). The highest BCUT2D eigenvalue weighted by Gasteiger charge is 2.17. The summed E-state index contributed by atoms with van der Waals surface area (Å²) in [5.41, 5.74) is 0. The molecule has 1 aromatic heterocycles. The minimum atomic E-state index is -3.63. The van der Waals surface area contributed by atoms with Gasteiger partial charge in [-0.1, -0.05) is 27.5 Å². The summed E-state index contributed by atoms with van der Waals surface area (Å²) in [6, 6.07) is 4.60. The summed E-state index contributed by atoms with van der Waals surface area (Å²) in [6.07, 6.45) is 1.79. The maximum Gasteiger partial charge on any atom is 0.242 e. The fourth-order valence-electron chi connectivity index (χ4n) is 1.43. The summed E-state index contributed by atoms with van der Waals surface area (Å²) < 4.78 is 27.3. The topological polar surface area (TPSA) is 87.7 Å². The molecule has 0 amide bonds. The number of nitrogens with one attached hydrogen (secondary N) is 2. The van der Waals surface area contributed by atoms with Gasteiger partial charge in [0.15, 0.2) is 0 Å². The van der Waals surface area contributed by atoms with E-state index in [1.54, 1.807) is 6.07 Å². The van der Waals surface area contributed by atoms with Crippen molar-refractivity contribution >= 4 is 37.6 Å². The number of rotatable bonds is 5. The molecule has 6 nitrogen and oxygen atoms in total. The summed E-state index contributed by atoms with van der Waals surface area (Å²) in [7, 11) is -3.63. The SMILES string of the molecule is O=S(=O)(NCCc1ncn[nH]1)c1ccc(Br)cc1Cl. The highest BCUT2D eigenvalue weighted by Crippen LogP contribution is 2.24. The summed E-state index contributed by atoms with van der Waals surface area (Å²) in [5, 5.41) is 6.50. The first-order chi connectivity index (χ1) is 8.99. The van der Waals surface area contributed by atoms with Crippen LogP contribution in [0.1, 0.15) is 5.82 Å². The Morgan fingerprint density at radius 3 is 2.84 bits per heavy atom. The van der Waals surface area contributed by atoms with Crippen LogP contribution < -0.4 is 4.72 Å². The third-order valence-electron chi connectivity index (χ3n) is 2.30. The van der Waals surface area contributed by atoms with Crippen LogP contribution in [0.5, 0.6) is 0 Å². The molecule has 2 rings (SSSR count). The number of nitrogens with zero attached hydrogens (tertiary/aromatic N) is 2. The molecular formula is C10H10BrClN4O2S. The molecule has 0 unspecified atom stereocenters. The van der Waals surface area contributed by atoms with Crippen LogP contribution in [0, 0.1) is 0 Å². The Morgan fingerprint density at radius 2 is 2.21 bits per heavy atom. The monoisotopic (exact) mass is 364 g/mol. The normalized spacial score (nSPS) is 11.7. The molecular weight excluding hydrogens is 356 g/mol. The fraction of sp³-hybridized carbons (Fsp3) is 0.200. The van der Waals surface area contributed by atoms with Gasteiger partial charge in [0.1, 0.15) is 17.0 Å². The smallest absolute Gasteiger partial charge is 0.242 e. The van der Waals surface area contributed by atoms with E-state index in [0.717, 1.165) is 4.47 Å².